The Morgan fingerprint density at radius 3 is 2.14 bits per heavy atom. The number of thiophene rings is 1. The number of carbonyl (C=O) groups is 3. The second-order valence-electron chi connectivity index (χ2n) is 7.94. The molecule has 2 heterocycles. The summed E-state index contributed by atoms with van der Waals surface area (Å²) in [6.45, 7) is 4.71. The highest BCUT2D eigenvalue weighted by Gasteiger charge is 2.23. The first kappa shape index (κ1) is 23.8. The van der Waals surface area contributed by atoms with Crippen molar-refractivity contribution in [3.8, 4) is 0 Å². The number of anilines is 3. The van der Waals surface area contributed by atoms with Gasteiger partial charge in [0.2, 0.25) is 11.8 Å². The molecular weight excluding hydrogens is 466 g/mol. The van der Waals surface area contributed by atoms with Crippen LogP contribution in [0.4, 0.5) is 17.1 Å². The van der Waals surface area contributed by atoms with Crippen LogP contribution in [0.1, 0.15) is 35.1 Å². The number of hydrogen-bond donors (Lipinski definition) is 3. The summed E-state index contributed by atoms with van der Waals surface area (Å²) in [7, 11) is 0. The van der Waals surface area contributed by atoms with Crippen molar-refractivity contribution in [3.63, 3.8) is 0 Å². The maximum atomic E-state index is 13.3. The fourth-order valence-electron chi connectivity index (χ4n) is 3.55. The molecule has 1 atom stereocenters. The standard InChI is InChI=1S/C25H23N5O4S/c1-14-20-24(35-21(14)23(33)29-17-7-5-4-6-8-17)26-13-30(25(20)34)15(2)22(32)28-19-11-9-18(10-12-19)27-16(3)31/h4-13,15H,1-3H3,(H,27,31)(H,28,32)(H,29,33). The first-order valence-corrected chi connectivity index (χ1v) is 11.6. The zero-order valence-electron chi connectivity index (χ0n) is 19.3. The number of fused-ring (bicyclic) bond motifs is 1. The quantitative estimate of drug-likeness (QED) is 0.375. The first-order valence-electron chi connectivity index (χ1n) is 10.8. The number of aryl methyl sites for hydroxylation is 1. The monoisotopic (exact) mass is 489 g/mol. The second-order valence-corrected chi connectivity index (χ2v) is 8.94. The minimum Gasteiger partial charge on any atom is -0.326 e. The van der Waals surface area contributed by atoms with Crippen LogP contribution in [0.5, 0.6) is 0 Å². The van der Waals surface area contributed by atoms with Gasteiger partial charge < -0.3 is 16.0 Å². The van der Waals surface area contributed by atoms with Gasteiger partial charge in [0.1, 0.15) is 10.9 Å². The molecule has 0 aliphatic rings. The molecule has 1 unspecified atom stereocenters. The molecule has 2 aromatic heterocycles. The fraction of sp³-hybridized carbons (Fsp3) is 0.160. The van der Waals surface area contributed by atoms with E-state index in [1.807, 2.05) is 18.2 Å². The number of aromatic nitrogens is 2. The van der Waals surface area contributed by atoms with Gasteiger partial charge in [0.25, 0.3) is 11.5 Å². The lowest BCUT2D eigenvalue weighted by Crippen LogP contribution is -2.31. The highest BCUT2D eigenvalue weighted by molar-refractivity contribution is 7.20. The molecule has 0 bridgehead atoms. The molecule has 0 aliphatic carbocycles. The normalized spacial score (nSPS) is 11.6. The zero-order chi connectivity index (χ0) is 25.1. The van der Waals surface area contributed by atoms with Crippen LogP contribution in [0.15, 0.2) is 65.7 Å². The summed E-state index contributed by atoms with van der Waals surface area (Å²) in [6.07, 6.45) is 1.32. The van der Waals surface area contributed by atoms with Gasteiger partial charge in [-0.2, -0.15) is 0 Å². The molecule has 0 saturated carbocycles. The number of amides is 3. The Balaban J connectivity index is 1.56. The summed E-state index contributed by atoms with van der Waals surface area (Å²) in [5.74, 6) is -0.922. The van der Waals surface area contributed by atoms with Crippen LogP contribution in [-0.2, 0) is 9.59 Å². The van der Waals surface area contributed by atoms with E-state index >= 15 is 0 Å². The SMILES string of the molecule is CC(=O)Nc1ccc(NC(=O)C(C)n2cnc3sc(C(=O)Nc4ccccc4)c(C)c3c2=O)cc1. The molecule has 2 aromatic carbocycles. The molecule has 9 nitrogen and oxygen atoms in total. The number of benzene rings is 2. The van der Waals surface area contributed by atoms with Gasteiger partial charge in [0.15, 0.2) is 0 Å². The fourth-order valence-corrected chi connectivity index (χ4v) is 4.59. The molecule has 0 saturated heterocycles. The van der Waals surface area contributed by atoms with Crippen LogP contribution in [0.25, 0.3) is 10.2 Å². The van der Waals surface area contributed by atoms with Gasteiger partial charge in [-0.1, -0.05) is 18.2 Å². The number of rotatable bonds is 6. The maximum absolute atomic E-state index is 13.3. The molecule has 4 aromatic rings. The van der Waals surface area contributed by atoms with E-state index in [0.717, 1.165) is 11.3 Å². The van der Waals surface area contributed by atoms with Crippen molar-refractivity contribution in [1.82, 2.24) is 9.55 Å². The summed E-state index contributed by atoms with van der Waals surface area (Å²) in [5.41, 5.74) is 1.90. The Bertz CT molecular complexity index is 1480. The highest BCUT2D eigenvalue weighted by Crippen LogP contribution is 2.28. The van der Waals surface area contributed by atoms with Crippen molar-refractivity contribution in [2.45, 2.75) is 26.8 Å². The molecule has 3 amide bonds. The van der Waals surface area contributed by atoms with Gasteiger partial charge in [-0.3, -0.25) is 23.7 Å². The summed E-state index contributed by atoms with van der Waals surface area (Å²) < 4.78 is 1.25. The summed E-state index contributed by atoms with van der Waals surface area (Å²) in [6, 6.07) is 14.8. The van der Waals surface area contributed by atoms with Crippen LogP contribution in [0, 0.1) is 6.92 Å². The molecular formula is C25H23N5O4S. The molecule has 0 radical (unpaired) electrons. The molecule has 0 fully saturated rings. The van der Waals surface area contributed by atoms with E-state index < -0.39 is 17.5 Å². The van der Waals surface area contributed by atoms with E-state index in [1.165, 1.54) is 17.8 Å². The minimum atomic E-state index is -0.852. The van der Waals surface area contributed by atoms with Gasteiger partial charge in [0, 0.05) is 24.0 Å². The molecule has 10 heteroatoms. The van der Waals surface area contributed by atoms with E-state index in [9.17, 15) is 19.2 Å². The minimum absolute atomic E-state index is 0.192. The number of hydrogen-bond acceptors (Lipinski definition) is 6. The third kappa shape index (κ3) is 5.12. The maximum Gasteiger partial charge on any atom is 0.266 e. The molecule has 35 heavy (non-hydrogen) atoms. The molecule has 4 rings (SSSR count). The van der Waals surface area contributed by atoms with E-state index in [0.29, 0.717) is 37.7 Å². The third-order valence-corrected chi connectivity index (χ3v) is 6.58. The predicted molar refractivity (Wildman–Crippen MR) is 137 cm³/mol. The van der Waals surface area contributed by atoms with Crippen molar-refractivity contribution < 1.29 is 14.4 Å². The van der Waals surface area contributed by atoms with Crippen molar-refractivity contribution in [1.29, 1.82) is 0 Å². The lowest BCUT2D eigenvalue weighted by molar-refractivity contribution is -0.119. The van der Waals surface area contributed by atoms with Crippen LogP contribution in [0.3, 0.4) is 0 Å². The van der Waals surface area contributed by atoms with Crippen molar-refractivity contribution >= 4 is 56.3 Å². The topological polar surface area (TPSA) is 122 Å². The Labute approximate surface area is 204 Å². The van der Waals surface area contributed by atoms with Gasteiger partial charge in [0.05, 0.1) is 16.6 Å². The number of para-hydroxylation sites is 1. The van der Waals surface area contributed by atoms with Gasteiger partial charge in [-0.15, -0.1) is 11.3 Å². The smallest absolute Gasteiger partial charge is 0.266 e. The zero-order valence-corrected chi connectivity index (χ0v) is 20.1. The van der Waals surface area contributed by atoms with Crippen LogP contribution in [-0.4, -0.2) is 27.3 Å². The lowest BCUT2D eigenvalue weighted by atomic mass is 10.2. The number of nitrogens with one attached hydrogen (secondary N) is 3. The largest absolute Gasteiger partial charge is 0.326 e. The van der Waals surface area contributed by atoms with Crippen LogP contribution < -0.4 is 21.5 Å². The summed E-state index contributed by atoms with van der Waals surface area (Å²) in [5, 5.41) is 8.55. The second kappa shape index (κ2) is 9.90. The Hall–Kier alpha value is -4.31. The van der Waals surface area contributed by atoms with Crippen LogP contribution in [0.2, 0.25) is 0 Å². The average Bonchev–Trinajstić information content (AvgIpc) is 3.17. The van der Waals surface area contributed by atoms with Gasteiger partial charge >= 0.3 is 0 Å². The molecule has 3 N–H and O–H groups in total. The Kier molecular flexibility index (Phi) is 6.74. The number of carbonyl (C=O) groups excluding carboxylic acids is 3. The van der Waals surface area contributed by atoms with Crippen molar-refractivity contribution in [2.75, 3.05) is 16.0 Å². The molecule has 0 aliphatic heterocycles. The Morgan fingerprint density at radius 2 is 1.51 bits per heavy atom. The van der Waals surface area contributed by atoms with Gasteiger partial charge in [-0.05, 0) is 55.8 Å². The lowest BCUT2D eigenvalue weighted by Gasteiger charge is -2.15. The Morgan fingerprint density at radius 1 is 0.914 bits per heavy atom. The van der Waals surface area contributed by atoms with E-state index in [4.69, 9.17) is 0 Å². The van der Waals surface area contributed by atoms with Crippen molar-refractivity contribution in [2.24, 2.45) is 0 Å². The van der Waals surface area contributed by atoms with Gasteiger partial charge in [-0.25, -0.2) is 4.98 Å². The first-order chi connectivity index (χ1) is 16.7. The molecule has 178 valence electrons. The summed E-state index contributed by atoms with van der Waals surface area (Å²) in [4.78, 5) is 55.2. The summed E-state index contributed by atoms with van der Waals surface area (Å²) >= 11 is 1.14. The highest BCUT2D eigenvalue weighted by atomic mass is 32.1. The molecule has 0 spiro atoms. The third-order valence-electron chi connectivity index (χ3n) is 5.38. The number of nitrogens with zero attached hydrogens (tertiary/aromatic N) is 2. The van der Waals surface area contributed by atoms with E-state index in [2.05, 4.69) is 20.9 Å². The van der Waals surface area contributed by atoms with Crippen molar-refractivity contribution in [3.05, 3.63) is 81.7 Å². The van der Waals surface area contributed by atoms with E-state index in [1.54, 1.807) is 50.2 Å². The van der Waals surface area contributed by atoms with Crippen LogP contribution >= 0.6 is 11.3 Å². The predicted octanol–water partition coefficient (Wildman–Crippen LogP) is 4.18. The van der Waals surface area contributed by atoms with E-state index in [-0.39, 0.29) is 11.8 Å². The average molecular weight is 490 g/mol.